The van der Waals surface area contributed by atoms with Crippen molar-refractivity contribution in [1.82, 2.24) is 0 Å². The van der Waals surface area contributed by atoms with Crippen molar-refractivity contribution in [2.24, 2.45) is 0 Å². The van der Waals surface area contributed by atoms with Crippen molar-refractivity contribution in [3.63, 3.8) is 0 Å². The molecule has 0 aromatic heterocycles. The van der Waals surface area contributed by atoms with E-state index in [9.17, 15) is 19.2 Å². The van der Waals surface area contributed by atoms with Crippen molar-refractivity contribution in [2.45, 2.75) is 0 Å². The second-order valence-corrected chi connectivity index (χ2v) is 2.95. The second-order valence-electron chi connectivity index (χ2n) is 2.64. The van der Waals surface area contributed by atoms with Crippen LogP contribution in [0, 0.1) is 0 Å². The van der Waals surface area contributed by atoms with Gasteiger partial charge in [0.2, 0.25) is 0 Å². The van der Waals surface area contributed by atoms with Crippen molar-refractivity contribution in [3.8, 4) is 0 Å². The fourth-order valence-corrected chi connectivity index (χ4v) is 0.750. The van der Waals surface area contributed by atoms with Gasteiger partial charge in [0.05, 0.1) is 5.91 Å². The van der Waals surface area contributed by atoms with Crippen LogP contribution in [0.1, 0.15) is 0 Å². The Morgan fingerprint density at radius 3 is 1.95 bits per heavy atom. The zero-order chi connectivity index (χ0) is 15.3. The summed E-state index contributed by atoms with van der Waals surface area (Å²) in [5.41, 5.74) is 0. The van der Waals surface area contributed by atoms with E-state index < -0.39 is 23.7 Å². The average molecular weight is 375 g/mol. The number of carboxylic acids is 1. The Labute approximate surface area is 124 Å². The summed E-state index contributed by atoms with van der Waals surface area (Å²) >= 11 is 4.55. The minimum absolute atomic E-state index is 0.0876. The number of aliphatic carboxylic acids is 1. The summed E-state index contributed by atoms with van der Waals surface area (Å²) in [5, 5.41) is 18.0. The molecule has 0 aliphatic rings. The molecular formula is C8H10N3O6STc. The maximum atomic E-state index is 11.0. The van der Waals surface area contributed by atoms with Gasteiger partial charge in [-0.25, -0.2) is 4.79 Å². The zero-order valence-corrected chi connectivity index (χ0v) is 12.2. The maximum absolute atomic E-state index is 11.0. The normalized spacial score (nSPS) is 8.42. The predicted octanol–water partition coefficient (Wildman–Crippen LogP) is -0.420. The third-order valence-electron chi connectivity index (χ3n) is 1.35. The number of amides is 3. The summed E-state index contributed by atoms with van der Waals surface area (Å²) in [5.74, 6) is -4.20. The van der Waals surface area contributed by atoms with Gasteiger partial charge in [-0.1, -0.05) is 6.54 Å². The first kappa shape index (κ1) is 20.0. The first-order valence-electron chi connectivity index (χ1n) is 4.59. The Balaban J connectivity index is 0. The first-order chi connectivity index (χ1) is 8.97. The second kappa shape index (κ2) is 13.1. The molecule has 11 heteroatoms. The van der Waals surface area contributed by atoms with Gasteiger partial charge in [0.15, 0.2) is 5.91 Å². The summed E-state index contributed by atoms with van der Waals surface area (Å²) in [7, 11) is 0. The molecule has 0 aromatic rings. The summed E-state index contributed by atoms with van der Waals surface area (Å²) in [6.07, 6.45) is 0. The van der Waals surface area contributed by atoms with E-state index >= 15 is 0 Å². The Hall–Kier alpha value is -1.32. The van der Waals surface area contributed by atoms with Crippen LogP contribution in [-0.4, -0.2) is 54.2 Å². The van der Waals surface area contributed by atoms with Crippen LogP contribution in [0.2, 0.25) is 0 Å². The SMILES string of the molecule is O=C(CS)[N-]CC(=O)[N-]CC[N-]C(=O)C(=O)O.[O]=[99Tc+3]. The molecule has 0 aromatic carbocycles. The quantitative estimate of drug-likeness (QED) is 0.366. The van der Waals surface area contributed by atoms with Crippen LogP contribution in [0.25, 0.3) is 16.0 Å². The molecule has 0 saturated carbocycles. The van der Waals surface area contributed by atoms with Crippen LogP contribution in [0.15, 0.2) is 0 Å². The van der Waals surface area contributed by atoms with Gasteiger partial charge in [-0.15, -0.1) is 13.1 Å². The summed E-state index contributed by atoms with van der Waals surface area (Å²) < 4.78 is 8.22. The third-order valence-corrected chi connectivity index (χ3v) is 1.62. The van der Waals surface area contributed by atoms with Crippen LogP contribution in [0.5, 0.6) is 0 Å². The van der Waals surface area contributed by atoms with Gasteiger partial charge in [0, 0.05) is 11.7 Å². The van der Waals surface area contributed by atoms with Crippen molar-refractivity contribution < 1.29 is 46.6 Å². The standard InChI is InChI=1S/C8H13N3O5S.O.Tc/c12-5(3-11-6(13)4-17)9-1-2-10-7(14)8(15)16;;/h1-4H2,(H5,9,10,11,12,13,14,15,16,17);;/q;;+3/p-3/i;;1+1. The van der Waals surface area contributed by atoms with Gasteiger partial charge >= 0.3 is 28.3 Å². The molecule has 0 aliphatic heterocycles. The molecule has 9 nitrogen and oxygen atoms in total. The van der Waals surface area contributed by atoms with E-state index in [4.69, 9.17) is 8.61 Å². The number of hydrogen-bond donors (Lipinski definition) is 2. The van der Waals surface area contributed by atoms with Gasteiger partial charge in [0.25, 0.3) is 0 Å². The number of carbonyl (C=O) groups is 4. The summed E-state index contributed by atoms with van der Waals surface area (Å²) in [6.45, 7) is -0.702. The molecule has 0 heterocycles. The molecule has 0 saturated heterocycles. The van der Waals surface area contributed by atoms with Gasteiger partial charge in [-0.2, -0.15) is 12.6 Å². The van der Waals surface area contributed by atoms with E-state index in [1.54, 1.807) is 0 Å². The molecule has 106 valence electrons. The molecule has 19 heavy (non-hydrogen) atoms. The van der Waals surface area contributed by atoms with Gasteiger partial charge < -0.3 is 35.4 Å². The zero-order valence-electron chi connectivity index (χ0n) is 9.48. The Bertz CT molecular complexity index is 340. The van der Waals surface area contributed by atoms with Crippen LogP contribution in [0.3, 0.4) is 0 Å². The number of nitrogens with zero attached hydrogens (tertiary/aromatic N) is 3. The number of rotatable bonds is 6. The molecule has 0 atom stereocenters. The van der Waals surface area contributed by atoms with E-state index in [1.165, 1.54) is 0 Å². The van der Waals surface area contributed by atoms with E-state index in [2.05, 4.69) is 28.6 Å². The number of thiol groups is 1. The molecule has 0 aliphatic carbocycles. The fourth-order valence-electron chi connectivity index (χ4n) is 0.650. The van der Waals surface area contributed by atoms with Gasteiger partial charge in [-0.3, -0.25) is 0 Å². The molecule has 1 N–H and O–H groups in total. The van der Waals surface area contributed by atoms with Crippen molar-refractivity contribution in [3.05, 3.63) is 16.0 Å². The van der Waals surface area contributed by atoms with Crippen molar-refractivity contribution in [1.29, 1.82) is 0 Å². The Morgan fingerprint density at radius 1 is 0.947 bits per heavy atom. The van der Waals surface area contributed by atoms with Crippen LogP contribution >= 0.6 is 12.6 Å². The third kappa shape index (κ3) is 12.9. The predicted molar refractivity (Wildman–Crippen MR) is 61.9 cm³/mol. The Kier molecular flexibility index (Phi) is 13.8. The van der Waals surface area contributed by atoms with Gasteiger partial charge in [-0.05, 0) is 0 Å². The van der Waals surface area contributed by atoms with Gasteiger partial charge in [0.1, 0.15) is 0 Å². The average Bonchev–Trinajstić information content (AvgIpc) is 2.42. The molecule has 0 bridgehead atoms. The van der Waals surface area contributed by atoms with Crippen LogP contribution in [-0.2, 0) is 41.5 Å². The Morgan fingerprint density at radius 2 is 1.47 bits per heavy atom. The molecule has 0 spiro atoms. The first-order valence-corrected chi connectivity index (χ1v) is 5.98. The molecule has 0 radical (unpaired) electrons. The van der Waals surface area contributed by atoms with Crippen molar-refractivity contribution in [2.75, 3.05) is 25.4 Å². The summed E-state index contributed by atoms with van der Waals surface area (Å²) in [4.78, 5) is 42.1. The van der Waals surface area contributed by atoms with Crippen LogP contribution in [0.4, 0.5) is 0 Å². The summed E-state index contributed by atoms with van der Waals surface area (Å²) in [6, 6.07) is 0. The molecule has 0 unspecified atom stereocenters. The number of hydrogen-bond acceptors (Lipinski definition) is 6. The van der Waals surface area contributed by atoms with E-state index in [0.29, 0.717) is 0 Å². The molecular weight excluding hydrogens is 365 g/mol. The topological polar surface area (TPSA) is 148 Å². The molecule has 3 amide bonds. The fraction of sp³-hybridized carbons (Fsp3) is 0.500. The van der Waals surface area contributed by atoms with Crippen molar-refractivity contribution >= 4 is 36.3 Å². The molecule has 0 fully saturated rings. The number of carbonyl (C=O) groups excluding carboxylic acids is 3. The monoisotopic (exact) mass is 375 g/mol. The van der Waals surface area contributed by atoms with E-state index in [-0.39, 0.29) is 25.4 Å². The van der Waals surface area contributed by atoms with E-state index in [1.807, 2.05) is 0 Å². The van der Waals surface area contributed by atoms with Crippen LogP contribution < -0.4 is 0 Å². The van der Waals surface area contributed by atoms with E-state index in [0.717, 1.165) is 18.9 Å². The minimum atomic E-state index is -1.66. The molecule has 0 rings (SSSR count). The number of carboxylic acid groups (broad SMARTS) is 1.